The maximum atomic E-state index is 12.6. The van der Waals surface area contributed by atoms with Gasteiger partial charge < -0.3 is 0 Å². The Balaban J connectivity index is 1.63. The van der Waals surface area contributed by atoms with E-state index in [4.69, 9.17) is 34.8 Å². The van der Waals surface area contributed by atoms with Crippen LogP contribution >= 0.6 is 34.8 Å². The lowest BCUT2D eigenvalue weighted by Gasteiger charge is -2.48. The number of anilines is 1. The van der Waals surface area contributed by atoms with Crippen molar-refractivity contribution in [2.24, 2.45) is 0 Å². The van der Waals surface area contributed by atoms with Gasteiger partial charge in [0.1, 0.15) is 11.0 Å². The molecule has 0 unspecified atom stereocenters. The summed E-state index contributed by atoms with van der Waals surface area (Å²) in [4.78, 5) is 6.43. The van der Waals surface area contributed by atoms with Gasteiger partial charge in [-0.25, -0.2) is 17.7 Å². The Kier molecular flexibility index (Phi) is 6.47. The van der Waals surface area contributed by atoms with Crippen LogP contribution in [0, 0.1) is 0 Å². The Morgan fingerprint density at radius 2 is 1.42 bits per heavy atom. The minimum absolute atomic E-state index is 0.0560. The summed E-state index contributed by atoms with van der Waals surface area (Å²) in [7, 11) is -3.53. The first-order valence-corrected chi connectivity index (χ1v) is 12.6. The molecule has 31 heavy (non-hydrogen) atoms. The Hall–Kier alpha value is -1.83. The SMILES string of the molecule is CS(=O)(=O)N(c1cccc(Cl)n1)C1CN(C(c2ccc(Cl)cc2)c2ccc(Cl)cc2)C1. The summed E-state index contributed by atoms with van der Waals surface area (Å²) in [6, 6.07) is 20.1. The molecule has 0 atom stereocenters. The summed E-state index contributed by atoms with van der Waals surface area (Å²) >= 11 is 18.2. The summed E-state index contributed by atoms with van der Waals surface area (Å²) in [5.74, 6) is 0.328. The summed E-state index contributed by atoms with van der Waals surface area (Å²) in [5.41, 5.74) is 2.13. The van der Waals surface area contributed by atoms with Crippen LogP contribution in [0.5, 0.6) is 0 Å². The van der Waals surface area contributed by atoms with Gasteiger partial charge in [0, 0.05) is 23.1 Å². The van der Waals surface area contributed by atoms with E-state index in [2.05, 4.69) is 9.88 Å². The molecule has 0 radical (unpaired) electrons. The minimum Gasteiger partial charge on any atom is -0.288 e. The van der Waals surface area contributed by atoms with Gasteiger partial charge in [-0.05, 0) is 47.5 Å². The van der Waals surface area contributed by atoms with E-state index in [9.17, 15) is 8.42 Å². The molecule has 3 aromatic rings. The molecule has 5 nitrogen and oxygen atoms in total. The monoisotopic (exact) mass is 495 g/mol. The topological polar surface area (TPSA) is 53.5 Å². The lowest BCUT2D eigenvalue weighted by molar-refractivity contribution is 0.116. The van der Waals surface area contributed by atoms with E-state index in [1.165, 1.54) is 10.6 Å². The van der Waals surface area contributed by atoms with Crippen molar-refractivity contribution in [3.8, 4) is 0 Å². The largest absolute Gasteiger partial charge is 0.288 e. The third kappa shape index (κ3) is 4.99. The number of hydrogen-bond acceptors (Lipinski definition) is 4. The van der Waals surface area contributed by atoms with Gasteiger partial charge in [0.05, 0.1) is 18.3 Å². The summed E-state index contributed by atoms with van der Waals surface area (Å²) in [5, 5.41) is 1.58. The highest BCUT2D eigenvalue weighted by atomic mass is 35.5. The normalized spacial score (nSPS) is 15.1. The van der Waals surface area contributed by atoms with Gasteiger partial charge in [-0.3, -0.25) is 4.90 Å². The minimum atomic E-state index is -3.53. The number of nitrogens with zero attached hydrogens (tertiary/aromatic N) is 3. The van der Waals surface area contributed by atoms with E-state index in [-0.39, 0.29) is 17.2 Å². The summed E-state index contributed by atoms with van der Waals surface area (Å²) in [6.45, 7) is 1.08. The van der Waals surface area contributed by atoms with Gasteiger partial charge in [-0.1, -0.05) is 65.1 Å². The van der Waals surface area contributed by atoms with Crippen molar-refractivity contribution in [1.82, 2.24) is 9.88 Å². The molecular weight excluding hydrogens is 477 g/mol. The highest BCUT2D eigenvalue weighted by Crippen LogP contribution is 2.36. The van der Waals surface area contributed by atoms with Crippen molar-refractivity contribution in [3.05, 3.63) is 93.1 Å². The number of benzene rings is 2. The van der Waals surface area contributed by atoms with Crippen LogP contribution < -0.4 is 4.31 Å². The molecule has 0 spiro atoms. The third-order valence-electron chi connectivity index (χ3n) is 5.24. The van der Waals surface area contributed by atoms with Gasteiger partial charge >= 0.3 is 0 Å². The van der Waals surface area contributed by atoms with Crippen LogP contribution in [0.1, 0.15) is 17.2 Å². The predicted octanol–water partition coefficient (Wildman–Crippen LogP) is 5.28. The van der Waals surface area contributed by atoms with Crippen LogP contribution in [-0.4, -0.2) is 43.7 Å². The summed E-state index contributed by atoms with van der Waals surface area (Å²) in [6.07, 6.45) is 1.19. The van der Waals surface area contributed by atoms with Gasteiger partial charge in [0.25, 0.3) is 0 Å². The maximum absolute atomic E-state index is 12.6. The van der Waals surface area contributed by atoms with E-state index in [1.54, 1.807) is 18.2 Å². The lowest BCUT2D eigenvalue weighted by atomic mass is 9.93. The van der Waals surface area contributed by atoms with Gasteiger partial charge in [-0.15, -0.1) is 0 Å². The molecule has 1 saturated heterocycles. The van der Waals surface area contributed by atoms with Gasteiger partial charge in [0.15, 0.2) is 0 Å². The van der Waals surface area contributed by atoms with Crippen LogP contribution in [0.3, 0.4) is 0 Å². The second-order valence-corrected chi connectivity index (χ2v) is 10.6. The smallest absolute Gasteiger partial charge is 0.233 e. The second-order valence-electron chi connectivity index (χ2n) is 7.49. The first kappa shape index (κ1) is 22.4. The van der Waals surface area contributed by atoms with E-state index in [0.717, 1.165) is 11.1 Å². The second kappa shape index (κ2) is 8.96. The number of likely N-dealkylation sites (tertiary alicyclic amines) is 1. The fraction of sp³-hybridized carbons (Fsp3) is 0.227. The number of hydrogen-bond donors (Lipinski definition) is 0. The van der Waals surface area contributed by atoms with Crippen LogP contribution in [0.2, 0.25) is 15.2 Å². The Labute approximate surface area is 197 Å². The molecule has 0 amide bonds. The standard InChI is InChI=1S/C22H20Cl3N3O2S/c1-31(29,30)28(21-4-2-3-20(25)26-21)19-13-27(14-19)22(15-5-9-17(23)10-6-15)16-7-11-18(24)12-8-16/h2-12,19,22H,13-14H2,1H3. The molecule has 0 saturated carbocycles. The molecule has 1 aliphatic rings. The number of halogens is 3. The molecule has 1 fully saturated rings. The Morgan fingerprint density at radius 3 is 1.87 bits per heavy atom. The third-order valence-corrected chi connectivity index (χ3v) is 7.16. The Bertz CT molecular complexity index is 1120. The van der Waals surface area contributed by atoms with Crippen molar-refractivity contribution in [1.29, 1.82) is 0 Å². The zero-order valence-electron chi connectivity index (χ0n) is 16.6. The van der Waals surface area contributed by atoms with Crippen molar-refractivity contribution in [2.45, 2.75) is 12.1 Å². The summed E-state index contributed by atoms with van der Waals surface area (Å²) < 4.78 is 26.5. The molecule has 1 aromatic heterocycles. The molecule has 1 aliphatic heterocycles. The average Bonchev–Trinajstić information content (AvgIpc) is 2.68. The maximum Gasteiger partial charge on any atom is 0.233 e. The first-order chi connectivity index (χ1) is 14.7. The highest BCUT2D eigenvalue weighted by molar-refractivity contribution is 7.92. The number of pyridine rings is 1. The van der Waals surface area contributed by atoms with E-state index < -0.39 is 10.0 Å². The molecule has 2 aromatic carbocycles. The molecule has 2 heterocycles. The first-order valence-electron chi connectivity index (χ1n) is 9.59. The van der Waals surface area contributed by atoms with E-state index in [0.29, 0.717) is 29.0 Å². The molecule has 0 aliphatic carbocycles. The molecule has 9 heteroatoms. The number of rotatable bonds is 6. The predicted molar refractivity (Wildman–Crippen MR) is 127 cm³/mol. The number of aromatic nitrogens is 1. The zero-order chi connectivity index (χ0) is 22.2. The molecule has 162 valence electrons. The highest BCUT2D eigenvalue weighted by Gasteiger charge is 2.41. The van der Waals surface area contributed by atoms with Crippen molar-refractivity contribution in [3.63, 3.8) is 0 Å². The van der Waals surface area contributed by atoms with E-state index in [1.807, 2.05) is 48.5 Å². The fourth-order valence-electron chi connectivity index (χ4n) is 3.90. The van der Waals surface area contributed by atoms with Crippen molar-refractivity contribution >= 4 is 50.6 Å². The van der Waals surface area contributed by atoms with Crippen LogP contribution in [0.25, 0.3) is 0 Å². The average molecular weight is 497 g/mol. The molecule has 0 bridgehead atoms. The zero-order valence-corrected chi connectivity index (χ0v) is 19.7. The van der Waals surface area contributed by atoms with Crippen LogP contribution in [-0.2, 0) is 10.0 Å². The van der Waals surface area contributed by atoms with Gasteiger partial charge in [0.2, 0.25) is 10.0 Å². The van der Waals surface area contributed by atoms with Crippen molar-refractivity contribution in [2.75, 3.05) is 23.7 Å². The quantitative estimate of drug-likeness (QED) is 0.436. The van der Waals surface area contributed by atoms with E-state index >= 15 is 0 Å². The molecule has 4 rings (SSSR count). The van der Waals surface area contributed by atoms with Crippen LogP contribution in [0.15, 0.2) is 66.7 Å². The fourth-order valence-corrected chi connectivity index (χ4v) is 5.43. The van der Waals surface area contributed by atoms with Crippen molar-refractivity contribution < 1.29 is 8.42 Å². The lowest BCUT2D eigenvalue weighted by Crippen LogP contribution is -2.61. The Morgan fingerprint density at radius 1 is 0.903 bits per heavy atom. The molecular formula is C22H20Cl3N3O2S. The molecule has 0 N–H and O–H groups in total. The van der Waals surface area contributed by atoms with Crippen LogP contribution in [0.4, 0.5) is 5.82 Å². The number of sulfonamides is 1. The van der Waals surface area contributed by atoms with Gasteiger partial charge in [-0.2, -0.15) is 0 Å².